The van der Waals surface area contributed by atoms with Gasteiger partial charge < -0.3 is 4.52 Å². The van der Waals surface area contributed by atoms with Crippen LogP contribution in [0, 0.1) is 6.20 Å². The van der Waals surface area contributed by atoms with Crippen molar-refractivity contribution < 1.29 is 4.52 Å². The highest BCUT2D eigenvalue weighted by molar-refractivity contribution is 5.48. The summed E-state index contributed by atoms with van der Waals surface area (Å²) in [6.45, 7) is 0. The van der Waals surface area contributed by atoms with Crippen LogP contribution >= 0.6 is 0 Å². The molecular weight excluding hydrogens is 142 g/mol. The van der Waals surface area contributed by atoms with Gasteiger partial charge in [0.15, 0.2) is 5.76 Å². The second kappa shape index (κ2) is 2.49. The van der Waals surface area contributed by atoms with Crippen molar-refractivity contribution in [3.63, 3.8) is 0 Å². The Hall–Kier alpha value is -1.71. The largest absolute Gasteiger partial charge is 0.354 e. The summed E-state index contributed by atoms with van der Waals surface area (Å²) in [6.07, 6.45) is 7.35. The Bertz CT molecular complexity index is 317. The molecule has 0 aliphatic rings. The van der Waals surface area contributed by atoms with Crippen molar-refractivity contribution in [3.05, 3.63) is 30.9 Å². The van der Waals surface area contributed by atoms with E-state index in [2.05, 4.69) is 21.3 Å². The van der Waals surface area contributed by atoms with Gasteiger partial charge in [0.05, 0.1) is 6.20 Å². The lowest BCUT2D eigenvalue weighted by Crippen LogP contribution is -1.80. The highest BCUT2D eigenvalue weighted by Gasteiger charge is 2.00. The average molecular weight is 146 g/mol. The van der Waals surface area contributed by atoms with Gasteiger partial charge in [-0.15, -0.1) is 0 Å². The predicted molar refractivity (Wildman–Crippen MR) is 36.4 cm³/mol. The van der Waals surface area contributed by atoms with Crippen molar-refractivity contribution in [2.75, 3.05) is 0 Å². The Balaban J connectivity index is 2.46. The second-order valence-electron chi connectivity index (χ2n) is 1.91. The van der Waals surface area contributed by atoms with Crippen LogP contribution in [0.25, 0.3) is 11.5 Å². The number of hydrogen-bond donors (Lipinski definition) is 0. The summed E-state index contributed by atoms with van der Waals surface area (Å²) in [6, 6.07) is 1.62. The number of nitrogens with zero attached hydrogens (tertiary/aromatic N) is 3. The van der Waals surface area contributed by atoms with E-state index in [1.165, 1.54) is 0 Å². The highest BCUT2D eigenvalue weighted by Crippen LogP contribution is 2.12. The fourth-order valence-corrected chi connectivity index (χ4v) is 0.734. The van der Waals surface area contributed by atoms with Crippen molar-refractivity contribution >= 4 is 0 Å². The van der Waals surface area contributed by atoms with Crippen molar-refractivity contribution in [2.24, 2.45) is 0 Å². The third-order valence-corrected chi connectivity index (χ3v) is 1.21. The highest BCUT2D eigenvalue weighted by atomic mass is 16.5. The molecule has 0 aliphatic carbocycles. The molecule has 0 amide bonds. The standard InChI is InChI=1S/C7H4N3O/c1-2-10-11-7(1)6-5-8-3-4-9-6/h1,3-5H. The molecule has 0 atom stereocenters. The molecule has 2 aromatic heterocycles. The average Bonchev–Trinajstić information content (AvgIpc) is 2.58. The van der Waals surface area contributed by atoms with Gasteiger partial charge in [-0.3, -0.25) is 4.98 Å². The van der Waals surface area contributed by atoms with Crippen LogP contribution in [0.1, 0.15) is 0 Å². The summed E-state index contributed by atoms with van der Waals surface area (Å²) >= 11 is 0. The zero-order valence-corrected chi connectivity index (χ0v) is 5.56. The molecule has 0 N–H and O–H groups in total. The Morgan fingerprint density at radius 3 is 3.00 bits per heavy atom. The molecule has 2 heterocycles. The first-order valence-electron chi connectivity index (χ1n) is 3.06. The maximum Gasteiger partial charge on any atom is 0.187 e. The van der Waals surface area contributed by atoms with Gasteiger partial charge in [-0.2, -0.15) is 0 Å². The number of hydrogen-bond acceptors (Lipinski definition) is 4. The quantitative estimate of drug-likeness (QED) is 0.600. The van der Waals surface area contributed by atoms with Crippen LogP contribution in [0.4, 0.5) is 0 Å². The maximum absolute atomic E-state index is 4.81. The van der Waals surface area contributed by atoms with Gasteiger partial charge in [0.25, 0.3) is 0 Å². The van der Waals surface area contributed by atoms with Gasteiger partial charge in [0, 0.05) is 18.5 Å². The molecule has 0 saturated carbocycles. The van der Waals surface area contributed by atoms with E-state index in [1.807, 2.05) is 0 Å². The van der Waals surface area contributed by atoms with Crippen LogP contribution in [-0.2, 0) is 0 Å². The smallest absolute Gasteiger partial charge is 0.187 e. The molecule has 0 fully saturated rings. The molecule has 0 bridgehead atoms. The number of aromatic nitrogens is 3. The third-order valence-electron chi connectivity index (χ3n) is 1.21. The minimum Gasteiger partial charge on any atom is -0.354 e. The van der Waals surface area contributed by atoms with Crippen LogP contribution in [0.15, 0.2) is 29.2 Å². The Kier molecular flexibility index (Phi) is 1.37. The summed E-state index contributed by atoms with van der Waals surface area (Å²) < 4.78 is 4.81. The van der Waals surface area contributed by atoms with Crippen LogP contribution in [0.5, 0.6) is 0 Å². The first kappa shape index (κ1) is 6.03. The van der Waals surface area contributed by atoms with Gasteiger partial charge in [-0.25, -0.2) is 4.98 Å². The molecule has 53 valence electrons. The van der Waals surface area contributed by atoms with Crippen LogP contribution in [0.3, 0.4) is 0 Å². The van der Waals surface area contributed by atoms with Gasteiger partial charge >= 0.3 is 0 Å². The van der Waals surface area contributed by atoms with E-state index in [9.17, 15) is 0 Å². The second-order valence-corrected chi connectivity index (χ2v) is 1.91. The number of rotatable bonds is 1. The summed E-state index contributed by atoms with van der Waals surface area (Å²) in [5.74, 6) is 0.582. The Labute approximate surface area is 62.9 Å². The topological polar surface area (TPSA) is 51.8 Å². The van der Waals surface area contributed by atoms with Crippen molar-refractivity contribution in [1.29, 1.82) is 0 Å². The summed E-state index contributed by atoms with van der Waals surface area (Å²) in [5.41, 5.74) is 0.668. The summed E-state index contributed by atoms with van der Waals surface area (Å²) in [4.78, 5) is 7.88. The molecule has 0 aromatic carbocycles. The van der Waals surface area contributed by atoms with Crippen molar-refractivity contribution in [2.45, 2.75) is 0 Å². The van der Waals surface area contributed by atoms with E-state index in [1.54, 1.807) is 24.7 Å². The lowest BCUT2D eigenvalue weighted by molar-refractivity contribution is 0.429. The van der Waals surface area contributed by atoms with Gasteiger partial charge in [-0.1, -0.05) is 5.16 Å². The molecule has 0 saturated heterocycles. The van der Waals surface area contributed by atoms with Crippen LogP contribution in [-0.4, -0.2) is 15.1 Å². The van der Waals surface area contributed by atoms with Crippen LogP contribution in [0.2, 0.25) is 0 Å². The van der Waals surface area contributed by atoms with E-state index in [4.69, 9.17) is 4.52 Å². The fourth-order valence-electron chi connectivity index (χ4n) is 0.734. The molecule has 2 aromatic rings. The Morgan fingerprint density at radius 2 is 2.36 bits per heavy atom. The first-order valence-corrected chi connectivity index (χ1v) is 3.06. The third kappa shape index (κ3) is 1.10. The molecule has 1 radical (unpaired) electrons. The van der Waals surface area contributed by atoms with Gasteiger partial charge in [0.1, 0.15) is 11.9 Å². The normalized spacial score (nSPS) is 9.82. The molecule has 11 heavy (non-hydrogen) atoms. The molecular formula is C7H4N3O. The molecule has 2 rings (SSSR count). The monoisotopic (exact) mass is 146 g/mol. The van der Waals surface area contributed by atoms with E-state index in [0.717, 1.165) is 0 Å². The zero-order chi connectivity index (χ0) is 7.52. The molecule has 0 aliphatic heterocycles. The summed E-state index contributed by atoms with van der Waals surface area (Å²) in [5, 5.41) is 3.43. The predicted octanol–water partition coefficient (Wildman–Crippen LogP) is 0.932. The molecule has 4 heteroatoms. The van der Waals surface area contributed by atoms with E-state index in [0.29, 0.717) is 11.5 Å². The van der Waals surface area contributed by atoms with Gasteiger partial charge in [0.2, 0.25) is 0 Å². The lowest BCUT2D eigenvalue weighted by Gasteiger charge is -1.89. The van der Waals surface area contributed by atoms with Crippen molar-refractivity contribution in [3.8, 4) is 11.5 Å². The molecule has 0 unspecified atom stereocenters. The minimum absolute atomic E-state index is 0.582. The van der Waals surface area contributed by atoms with E-state index < -0.39 is 0 Å². The fraction of sp³-hybridized carbons (Fsp3) is 0. The van der Waals surface area contributed by atoms with Crippen molar-refractivity contribution in [1.82, 2.24) is 15.1 Å². The minimum atomic E-state index is 0.582. The SMILES string of the molecule is [c]1cc(-c2cnccn2)on1. The zero-order valence-electron chi connectivity index (χ0n) is 5.56. The maximum atomic E-state index is 4.81. The first-order chi connectivity index (χ1) is 5.47. The lowest BCUT2D eigenvalue weighted by atomic mass is 10.3. The van der Waals surface area contributed by atoms with E-state index in [-0.39, 0.29) is 0 Å². The summed E-state index contributed by atoms with van der Waals surface area (Å²) in [7, 11) is 0. The van der Waals surface area contributed by atoms with Gasteiger partial charge in [-0.05, 0) is 0 Å². The van der Waals surface area contributed by atoms with Crippen LogP contribution < -0.4 is 0 Å². The Morgan fingerprint density at radius 1 is 1.36 bits per heavy atom. The van der Waals surface area contributed by atoms with E-state index >= 15 is 0 Å². The molecule has 4 nitrogen and oxygen atoms in total. The molecule has 0 spiro atoms.